The Bertz CT molecular complexity index is 749. The van der Waals surface area contributed by atoms with E-state index in [1.165, 1.54) is 6.07 Å². The highest BCUT2D eigenvalue weighted by molar-refractivity contribution is 6.20. The lowest BCUT2D eigenvalue weighted by atomic mass is 10.2. The number of alkyl halides is 1. The lowest BCUT2D eigenvalue weighted by Gasteiger charge is -2.08. The van der Waals surface area contributed by atoms with E-state index >= 15 is 0 Å². The van der Waals surface area contributed by atoms with Crippen LogP contribution < -0.4 is 0 Å². The summed E-state index contributed by atoms with van der Waals surface area (Å²) in [6, 6.07) is 4.99. The molecule has 104 valence electrons. The topological polar surface area (TPSA) is 43.9 Å². The van der Waals surface area contributed by atoms with Gasteiger partial charge in [-0.15, -0.1) is 11.6 Å². The van der Waals surface area contributed by atoms with Crippen LogP contribution in [-0.4, -0.2) is 14.7 Å². The number of aryl methyl sites for hydroxylation is 1. The minimum atomic E-state index is -0.284. The van der Waals surface area contributed by atoms with E-state index in [4.69, 9.17) is 16.1 Å². The maximum absolute atomic E-state index is 13.7. The van der Waals surface area contributed by atoms with Crippen LogP contribution in [0, 0.1) is 12.7 Å². The molecule has 0 spiro atoms. The average Bonchev–Trinajstić information content (AvgIpc) is 3.00. The van der Waals surface area contributed by atoms with Gasteiger partial charge in [-0.05, 0) is 25.5 Å². The fourth-order valence-electron chi connectivity index (χ4n) is 2.22. The Hall–Kier alpha value is -1.88. The van der Waals surface area contributed by atoms with E-state index in [0.29, 0.717) is 29.2 Å². The van der Waals surface area contributed by atoms with Gasteiger partial charge in [-0.3, -0.25) is 0 Å². The van der Waals surface area contributed by atoms with E-state index in [1.807, 2.05) is 11.5 Å². The number of rotatable bonds is 3. The number of imidazole rings is 1. The highest BCUT2D eigenvalue weighted by Gasteiger charge is 2.17. The smallest absolute Gasteiger partial charge is 0.156 e. The van der Waals surface area contributed by atoms with Crippen LogP contribution in [-0.2, 0) is 6.54 Å². The summed E-state index contributed by atoms with van der Waals surface area (Å²) in [5, 5.41) is 3.40. The lowest BCUT2D eigenvalue weighted by Crippen LogP contribution is -2.05. The molecule has 0 aliphatic rings. The predicted molar refractivity (Wildman–Crippen MR) is 74.3 cm³/mol. The first-order valence-corrected chi connectivity index (χ1v) is 6.70. The van der Waals surface area contributed by atoms with Gasteiger partial charge in [-0.25, -0.2) is 9.37 Å². The van der Waals surface area contributed by atoms with Crippen molar-refractivity contribution >= 4 is 22.6 Å². The average molecular weight is 294 g/mol. The first-order valence-electron chi connectivity index (χ1n) is 6.26. The molecule has 0 saturated heterocycles. The Labute approximate surface area is 120 Å². The number of hydrogen-bond acceptors (Lipinski definition) is 3. The zero-order valence-corrected chi connectivity index (χ0v) is 11.9. The zero-order chi connectivity index (χ0) is 14.3. The van der Waals surface area contributed by atoms with E-state index in [0.717, 1.165) is 5.52 Å². The van der Waals surface area contributed by atoms with Gasteiger partial charge in [-0.2, -0.15) is 0 Å². The second kappa shape index (κ2) is 4.90. The molecule has 0 N–H and O–H groups in total. The van der Waals surface area contributed by atoms with Crippen LogP contribution in [0.25, 0.3) is 11.0 Å². The summed E-state index contributed by atoms with van der Waals surface area (Å²) in [5.41, 5.74) is 2.00. The summed E-state index contributed by atoms with van der Waals surface area (Å²) >= 11 is 6.18. The second-order valence-electron chi connectivity index (χ2n) is 4.74. The summed E-state index contributed by atoms with van der Waals surface area (Å²) in [6.07, 6.45) is 1.59. The van der Waals surface area contributed by atoms with Crippen LogP contribution in [0.15, 0.2) is 28.9 Å². The summed E-state index contributed by atoms with van der Waals surface area (Å²) in [6.45, 7) is 4.03. The largest absolute Gasteiger partial charge is 0.359 e. The van der Waals surface area contributed by atoms with Crippen molar-refractivity contribution in [2.45, 2.75) is 25.8 Å². The van der Waals surface area contributed by atoms with Crippen molar-refractivity contribution in [2.75, 3.05) is 0 Å². The van der Waals surface area contributed by atoms with Gasteiger partial charge in [0.05, 0.1) is 29.2 Å². The molecule has 20 heavy (non-hydrogen) atoms. The number of halogens is 2. The molecule has 6 heteroatoms. The third kappa shape index (κ3) is 2.18. The molecule has 1 atom stereocenters. The Morgan fingerprint density at radius 3 is 2.90 bits per heavy atom. The lowest BCUT2D eigenvalue weighted by molar-refractivity contribution is 0.376. The molecule has 0 saturated carbocycles. The quantitative estimate of drug-likeness (QED) is 0.690. The minimum Gasteiger partial charge on any atom is -0.359 e. The van der Waals surface area contributed by atoms with Gasteiger partial charge in [0.1, 0.15) is 11.6 Å². The van der Waals surface area contributed by atoms with Crippen molar-refractivity contribution in [1.82, 2.24) is 14.7 Å². The van der Waals surface area contributed by atoms with Crippen molar-refractivity contribution in [1.29, 1.82) is 0 Å². The Morgan fingerprint density at radius 1 is 1.45 bits per heavy atom. The number of fused-ring (bicyclic) bond motifs is 1. The van der Waals surface area contributed by atoms with Crippen LogP contribution in [0.2, 0.25) is 0 Å². The first kappa shape index (κ1) is 13.1. The predicted octanol–water partition coefficient (Wildman–Crippen LogP) is 3.82. The molecule has 0 fully saturated rings. The molecule has 0 bridgehead atoms. The molecule has 3 rings (SSSR count). The van der Waals surface area contributed by atoms with Crippen LogP contribution in [0.4, 0.5) is 4.39 Å². The van der Waals surface area contributed by atoms with Crippen molar-refractivity contribution in [3.63, 3.8) is 0 Å². The molecule has 0 radical (unpaired) electrons. The first-order chi connectivity index (χ1) is 9.56. The molecular weight excluding hydrogens is 281 g/mol. The van der Waals surface area contributed by atoms with Crippen LogP contribution in [0.1, 0.15) is 29.4 Å². The Balaban J connectivity index is 2.20. The van der Waals surface area contributed by atoms with Gasteiger partial charge in [0.25, 0.3) is 0 Å². The molecule has 0 aliphatic heterocycles. The Kier molecular flexibility index (Phi) is 3.22. The molecule has 1 aromatic carbocycles. The SMILES string of the molecule is Cc1cc2c(cc1F)nc(C(C)Cl)n2Cc1ccno1. The van der Waals surface area contributed by atoms with Gasteiger partial charge in [0.2, 0.25) is 0 Å². The molecule has 2 heterocycles. The number of benzene rings is 1. The molecular formula is C14H13ClFN3O. The monoisotopic (exact) mass is 293 g/mol. The maximum Gasteiger partial charge on any atom is 0.156 e. The van der Waals surface area contributed by atoms with Gasteiger partial charge in [0.15, 0.2) is 5.76 Å². The molecule has 0 aliphatic carbocycles. The molecule has 4 nitrogen and oxygen atoms in total. The van der Waals surface area contributed by atoms with Gasteiger partial charge in [0, 0.05) is 12.1 Å². The van der Waals surface area contributed by atoms with Gasteiger partial charge < -0.3 is 9.09 Å². The molecule has 0 amide bonds. The third-order valence-electron chi connectivity index (χ3n) is 3.22. The minimum absolute atomic E-state index is 0.268. The van der Waals surface area contributed by atoms with E-state index in [2.05, 4.69) is 10.1 Å². The van der Waals surface area contributed by atoms with Crippen molar-refractivity contribution in [3.8, 4) is 0 Å². The maximum atomic E-state index is 13.7. The molecule has 2 aromatic heterocycles. The van der Waals surface area contributed by atoms with Gasteiger partial charge >= 0.3 is 0 Å². The van der Waals surface area contributed by atoms with E-state index in [9.17, 15) is 4.39 Å². The highest BCUT2D eigenvalue weighted by atomic mass is 35.5. The van der Waals surface area contributed by atoms with E-state index in [1.54, 1.807) is 25.3 Å². The Morgan fingerprint density at radius 2 is 2.25 bits per heavy atom. The normalized spacial score (nSPS) is 13.0. The van der Waals surface area contributed by atoms with Crippen molar-refractivity contribution in [2.24, 2.45) is 0 Å². The summed E-state index contributed by atoms with van der Waals surface area (Å²) < 4.78 is 20.7. The number of hydrogen-bond donors (Lipinski definition) is 0. The summed E-state index contributed by atoms with van der Waals surface area (Å²) in [5.74, 6) is 1.11. The number of nitrogens with zero attached hydrogens (tertiary/aromatic N) is 3. The van der Waals surface area contributed by atoms with E-state index in [-0.39, 0.29) is 11.2 Å². The van der Waals surface area contributed by atoms with Crippen molar-refractivity contribution in [3.05, 3.63) is 47.4 Å². The van der Waals surface area contributed by atoms with Crippen LogP contribution in [0.3, 0.4) is 0 Å². The highest BCUT2D eigenvalue weighted by Crippen LogP contribution is 2.27. The van der Waals surface area contributed by atoms with Crippen LogP contribution in [0.5, 0.6) is 0 Å². The fraction of sp³-hybridized carbons (Fsp3) is 0.286. The second-order valence-corrected chi connectivity index (χ2v) is 5.40. The zero-order valence-electron chi connectivity index (χ0n) is 11.1. The third-order valence-corrected chi connectivity index (χ3v) is 3.41. The van der Waals surface area contributed by atoms with Crippen molar-refractivity contribution < 1.29 is 8.91 Å². The number of aromatic nitrogens is 3. The summed E-state index contributed by atoms with van der Waals surface area (Å²) in [4.78, 5) is 4.42. The summed E-state index contributed by atoms with van der Waals surface area (Å²) in [7, 11) is 0. The van der Waals surface area contributed by atoms with Crippen LogP contribution >= 0.6 is 11.6 Å². The van der Waals surface area contributed by atoms with Gasteiger partial charge in [-0.1, -0.05) is 5.16 Å². The molecule has 1 unspecified atom stereocenters. The fourth-order valence-corrected chi connectivity index (χ4v) is 2.38. The molecule has 3 aromatic rings. The van der Waals surface area contributed by atoms with E-state index < -0.39 is 0 Å². The standard InChI is InChI=1S/C14H13ClFN3O/c1-8-5-13-12(6-11(8)16)18-14(9(2)15)19(13)7-10-3-4-17-20-10/h3-6,9H,7H2,1-2H3.